The number of hydrogen-bond acceptors (Lipinski definition) is 1. The standard InChI is InChI=1S/C9H20ClN.Mg.2H/c1-6-9(10)11(7(2)3)8(4)5;;;/h7-9H,6H2,1-5H3;;;/q;+2;2*-1. The summed E-state index contributed by atoms with van der Waals surface area (Å²) in [6.07, 6.45) is 1.01. The van der Waals surface area contributed by atoms with Crippen molar-refractivity contribution >= 4 is 34.7 Å². The molecular weight excluding hydrogens is 182 g/mol. The van der Waals surface area contributed by atoms with Crippen LogP contribution in [-0.2, 0) is 0 Å². The predicted octanol–water partition coefficient (Wildman–Crippen LogP) is 2.92. The minimum Gasteiger partial charge on any atom is -1.00 e. The van der Waals surface area contributed by atoms with Crippen LogP contribution in [0.3, 0.4) is 0 Å². The number of nitrogens with zero attached hydrogens (tertiary/aromatic N) is 1. The van der Waals surface area contributed by atoms with E-state index >= 15 is 0 Å². The van der Waals surface area contributed by atoms with Gasteiger partial charge in [-0.05, 0) is 34.1 Å². The van der Waals surface area contributed by atoms with Crippen LogP contribution in [0.2, 0.25) is 0 Å². The molecule has 0 heterocycles. The van der Waals surface area contributed by atoms with E-state index in [4.69, 9.17) is 11.6 Å². The molecule has 3 heteroatoms. The van der Waals surface area contributed by atoms with Crippen LogP contribution in [-0.4, -0.2) is 45.5 Å². The molecule has 0 aliphatic heterocycles. The summed E-state index contributed by atoms with van der Waals surface area (Å²) in [5.74, 6) is 0. The molecule has 1 nitrogen and oxygen atoms in total. The van der Waals surface area contributed by atoms with Crippen LogP contribution >= 0.6 is 11.6 Å². The largest absolute Gasteiger partial charge is 2.00 e. The van der Waals surface area contributed by atoms with Crippen molar-refractivity contribution < 1.29 is 2.85 Å². The fourth-order valence-electron chi connectivity index (χ4n) is 1.45. The van der Waals surface area contributed by atoms with Crippen molar-refractivity contribution in [2.24, 2.45) is 0 Å². The van der Waals surface area contributed by atoms with Gasteiger partial charge in [-0.15, -0.1) is 11.6 Å². The molecule has 0 radical (unpaired) electrons. The molecule has 0 aromatic carbocycles. The first kappa shape index (κ1) is 15.5. The number of rotatable bonds is 4. The summed E-state index contributed by atoms with van der Waals surface area (Å²) in [4.78, 5) is 2.32. The molecule has 72 valence electrons. The fraction of sp³-hybridized carbons (Fsp3) is 1.00. The van der Waals surface area contributed by atoms with E-state index in [9.17, 15) is 0 Å². The molecule has 0 bridgehead atoms. The molecule has 0 aromatic rings. The third-order valence-corrected chi connectivity index (χ3v) is 2.39. The van der Waals surface area contributed by atoms with Gasteiger partial charge in [0.25, 0.3) is 0 Å². The normalized spacial score (nSPS) is 13.8. The van der Waals surface area contributed by atoms with Crippen molar-refractivity contribution in [1.29, 1.82) is 0 Å². The Morgan fingerprint density at radius 3 is 1.58 bits per heavy atom. The molecule has 0 spiro atoms. The number of hydrogen-bond donors (Lipinski definition) is 0. The van der Waals surface area contributed by atoms with E-state index in [0.717, 1.165) is 6.42 Å². The van der Waals surface area contributed by atoms with Gasteiger partial charge in [-0.1, -0.05) is 6.92 Å². The Kier molecular flexibility index (Phi) is 9.58. The van der Waals surface area contributed by atoms with E-state index in [-0.39, 0.29) is 31.4 Å². The van der Waals surface area contributed by atoms with Gasteiger partial charge in [-0.25, -0.2) is 0 Å². The third kappa shape index (κ3) is 4.90. The second kappa shape index (κ2) is 7.42. The van der Waals surface area contributed by atoms with E-state index < -0.39 is 0 Å². The quantitative estimate of drug-likeness (QED) is 0.386. The first-order valence-electron chi connectivity index (χ1n) is 4.42. The van der Waals surface area contributed by atoms with E-state index in [0.29, 0.717) is 12.1 Å². The Morgan fingerprint density at radius 1 is 1.17 bits per heavy atom. The number of alkyl halides is 1. The second-order valence-electron chi connectivity index (χ2n) is 3.48. The van der Waals surface area contributed by atoms with Gasteiger partial charge >= 0.3 is 23.1 Å². The zero-order valence-electron chi connectivity index (χ0n) is 11.0. The van der Waals surface area contributed by atoms with Gasteiger partial charge in [0.15, 0.2) is 0 Å². The van der Waals surface area contributed by atoms with Gasteiger partial charge in [0, 0.05) is 12.1 Å². The van der Waals surface area contributed by atoms with Crippen molar-refractivity contribution in [3.8, 4) is 0 Å². The molecule has 0 aromatic heterocycles. The van der Waals surface area contributed by atoms with Crippen LogP contribution in [0.5, 0.6) is 0 Å². The molecule has 0 rings (SSSR count). The molecule has 0 amide bonds. The Morgan fingerprint density at radius 2 is 1.50 bits per heavy atom. The zero-order chi connectivity index (χ0) is 9.02. The monoisotopic (exact) mass is 203 g/mol. The predicted molar refractivity (Wildman–Crippen MR) is 60.0 cm³/mol. The molecule has 0 N–H and O–H groups in total. The molecule has 1 atom stereocenters. The van der Waals surface area contributed by atoms with E-state index in [2.05, 4.69) is 39.5 Å². The molecule has 1 unspecified atom stereocenters. The Balaban J connectivity index is -0.000000167. The van der Waals surface area contributed by atoms with E-state index in [1.807, 2.05) is 0 Å². The third-order valence-electron chi connectivity index (χ3n) is 1.85. The van der Waals surface area contributed by atoms with Gasteiger partial charge < -0.3 is 2.85 Å². The molecule has 0 saturated heterocycles. The Hall–Kier alpha value is 1.02. The smallest absolute Gasteiger partial charge is 1.00 e. The van der Waals surface area contributed by atoms with Crippen molar-refractivity contribution in [2.75, 3.05) is 0 Å². The second-order valence-corrected chi connectivity index (χ2v) is 3.98. The maximum absolute atomic E-state index is 6.15. The van der Waals surface area contributed by atoms with Crippen molar-refractivity contribution in [2.45, 2.75) is 58.6 Å². The Bertz CT molecular complexity index is 107. The van der Waals surface area contributed by atoms with Crippen LogP contribution in [0.4, 0.5) is 0 Å². The van der Waals surface area contributed by atoms with Crippen molar-refractivity contribution in [1.82, 2.24) is 4.90 Å². The van der Waals surface area contributed by atoms with Gasteiger partial charge in [0.1, 0.15) is 0 Å². The van der Waals surface area contributed by atoms with Gasteiger partial charge in [-0.2, -0.15) is 0 Å². The average molecular weight is 204 g/mol. The molecule has 0 fully saturated rings. The van der Waals surface area contributed by atoms with Gasteiger partial charge in [0.2, 0.25) is 0 Å². The minimum atomic E-state index is 0. The molecule has 12 heavy (non-hydrogen) atoms. The Labute approximate surface area is 101 Å². The van der Waals surface area contributed by atoms with Crippen LogP contribution in [0.15, 0.2) is 0 Å². The molecule has 0 saturated carbocycles. The summed E-state index contributed by atoms with van der Waals surface area (Å²) in [5.41, 5.74) is 0.190. The van der Waals surface area contributed by atoms with Crippen LogP contribution in [0.1, 0.15) is 43.9 Å². The van der Waals surface area contributed by atoms with Crippen LogP contribution < -0.4 is 0 Å². The van der Waals surface area contributed by atoms with Gasteiger partial charge in [0.05, 0.1) is 5.50 Å². The number of halogens is 1. The summed E-state index contributed by atoms with van der Waals surface area (Å²) in [7, 11) is 0. The summed E-state index contributed by atoms with van der Waals surface area (Å²) < 4.78 is 0. The van der Waals surface area contributed by atoms with E-state index in [1.165, 1.54) is 0 Å². The van der Waals surface area contributed by atoms with Crippen molar-refractivity contribution in [3.05, 3.63) is 0 Å². The summed E-state index contributed by atoms with van der Waals surface area (Å²) in [6.45, 7) is 10.9. The van der Waals surface area contributed by atoms with Crippen molar-refractivity contribution in [3.63, 3.8) is 0 Å². The summed E-state index contributed by atoms with van der Waals surface area (Å²) in [6, 6.07) is 1.08. The van der Waals surface area contributed by atoms with E-state index in [1.54, 1.807) is 0 Å². The fourth-order valence-corrected chi connectivity index (χ4v) is 1.90. The first-order chi connectivity index (χ1) is 5.00. The molecular formula is C9H22ClMgN. The molecule has 0 aliphatic rings. The maximum Gasteiger partial charge on any atom is 2.00 e. The first-order valence-corrected chi connectivity index (χ1v) is 4.85. The van der Waals surface area contributed by atoms with Crippen LogP contribution in [0.25, 0.3) is 0 Å². The minimum absolute atomic E-state index is 0. The maximum atomic E-state index is 6.15. The SMILES string of the molecule is CCC(Cl)N(C(C)C)C(C)C.[H-].[H-].[Mg+2]. The summed E-state index contributed by atoms with van der Waals surface area (Å²) in [5, 5.41) is 0. The zero-order valence-corrected chi connectivity index (χ0v) is 11.1. The summed E-state index contributed by atoms with van der Waals surface area (Å²) >= 11 is 6.15. The average Bonchev–Trinajstić information content (AvgIpc) is 1.85. The topological polar surface area (TPSA) is 3.24 Å². The van der Waals surface area contributed by atoms with Crippen LogP contribution in [0, 0.1) is 0 Å². The molecule has 0 aliphatic carbocycles. The van der Waals surface area contributed by atoms with Gasteiger partial charge in [-0.3, -0.25) is 4.90 Å².